The molecule has 104 valence electrons. The third kappa shape index (κ3) is 7.29. The van der Waals surface area contributed by atoms with Gasteiger partial charge in [-0.25, -0.2) is 0 Å². The van der Waals surface area contributed by atoms with Crippen LogP contribution in [0.25, 0.3) is 0 Å². The maximum atomic E-state index is 11.7. The summed E-state index contributed by atoms with van der Waals surface area (Å²) in [5.41, 5.74) is 4.66. The van der Waals surface area contributed by atoms with Crippen LogP contribution in [0.4, 0.5) is 0 Å². The molecule has 0 saturated heterocycles. The summed E-state index contributed by atoms with van der Waals surface area (Å²) in [6.07, 6.45) is 2.31. The Kier molecular flexibility index (Phi) is 6.94. The number of unbranched alkanes of at least 4 members (excludes halogenated alkanes) is 1. The molecule has 0 spiro atoms. The maximum Gasteiger partial charge on any atom is 0.475 e. The highest BCUT2D eigenvalue weighted by Crippen LogP contribution is 2.14. The van der Waals surface area contributed by atoms with Crippen LogP contribution in [0.3, 0.4) is 0 Å². The average Bonchev–Trinajstić information content (AvgIpc) is 2.19. The molecule has 1 amide bonds. The van der Waals surface area contributed by atoms with Gasteiger partial charge in [0.05, 0.1) is 11.8 Å². The molecule has 0 bridgehead atoms. The molecular formula is C11H24BN3O3. The first-order chi connectivity index (χ1) is 8.14. The van der Waals surface area contributed by atoms with Crippen LogP contribution >= 0.6 is 0 Å². The van der Waals surface area contributed by atoms with Crippen LogP contribution in [0.1, 0.15) is 46.5 Å². The first kappa shape index (κ1) is 16.9. The minimum absolute atomic E-state index is 0.120. The van der Waals surface area contributed by atoms with E-state index in [0.29, 0.717) is 25.7 Å². The summed E-state index contributed by atoms with van der Waals surface area (Å²) >= 11 is 0. The molecule has 6 nitrogen and oxygen atoms in total. The Morgan fingerprint density at radius 2 is 1.94 bits per heavy atom. The molecular weight excluding hydrogens is 233 g/mol. The molecule has 0 aliphatic heterocycles. The first-order valence-electron chi connectivity index (χ1n) is 6.14. The van der Waals surface area contributed by atoms with Crippen molar-refractivity contribution in [3.05, 3.63) is 0 Å². The number of hydrogen-bond acceptors (Lipinski definition) is 4. The van der Waals surface area contributed by atoms with Gasteiger partial charge in [0, 0.05) is 11.8 Å². The summed E-state index contributed by atoms with van der Waals surface area (Å²) in [6.45, 7) is 5.29. The van der Waals surface area contributed by atoms with Crippen molar-refractivity contribution >= 4 is 18.9 Å². The van der Waals surface area contributed by atoms with Gasteiger partial charge in [0.25, 0.3) is 0 Å². The van der Waals surface area contributed by atoms with Gasteiger partial charge < -0.3 is 21.1 Å². The minimum atomic E-state index is -1.58. The van der Waals surface area contributed by atoms with E-state index in [0.717, 1.165) is 0 Å². The Morgan fingerprint density at radius 3 is 2.33 bits per heavy atom. The molecule has 0 heterocycles. The fourth-order valence-corrected chi connectivity index (χ4v) is 1.36. The van der Waals surface area contributed by atoms with Crippen LogP contribution in [-0.2, 0) is 4.79 Å². The molecule has 0 aliphatic rings. The molecule has 1 unspecified atom stereocenters. The highest BCUT2D eigenvalue weighted by atomic mass is 16.4. The summed E-state index contributed by atoms with van der Waals surface area (Å²) < 4.78 is 0. The SMILES string of the molecule is CC(C)(C)C(=O)NC(CCCCC(=N)N)B(O)O. The van der Waals surface area contributed by atoms with Gasteiger partial charge in [-0.1, -0.05) is 27.2 Å². The lowest BCUT2D eigenvalue weighted by Gasteiger charge is -2.23. The second-order valence-corrected chi connectivity index (χ2v) is 5.51. The number of rotatable bonds is 7. The Balaban J connectivity index is 4.16. The van der Waals surface area contributed by atoms with Gasteiger partial charge in [0.2, 0.25) is 5.91 Å². The zero-order chi connectivity index (χ0) is 14.3. The van der Waals surface area contributed by atoms with Crippen molar-refractivity contribution in [1.82, 2.24) is 5.32 Å². The van der Waals surface area contributed by atoms with E-state index in [2.05, 4.69) is 5.32 Å². The van der Waals surface area contributed by atoms with Gasteiger partial charge in [-0.2, -0.15) is 0 Å². The first-order valence-corrected chi connectivity index (χ1v) is 6.14. The normalized spacial score (nSPS) is 12.9. The Morgan fingerprint density at radius 1 is 1.39 bits per heavy atom. The zero-order valence-corrected chi connectivity index (χ0v) is 11.4. The highest BCUT2D eigenvalue weighted by Gasteiger charge is 2.29. The molecule has 0 saturated carbocycles. The molecule has 6 N–H and O–H groups in total. The van der Waals surface area contributed by atoms with Crippen LogP contribution in [0.5, 0.6) is 0 Å². The summed E-state index contributed by atoms with van der Waals surface area (Å²) in [6, 6.07) is 0. The van der Waals surface area contributed by atoms with Gasteiger partial charge in [-0.05, 0) is 12.8 Å². The lowest BCUT2D eigenvalue weighted by atomic mass is 9.75. The average molecular weight is 257 g/mol. The number of nitrogens with one attached hydrogen (secondary N) is 2. The molecule has 0 fully saturated rings. The van der Waals surface area contributed by atoms with Crippen LogP contribution < -0.4 is 11.1 Å². The molecule has 0 radical (unpaired) electrons. The fraction of sp³-hybridized carbons (Fsp3) is 0.818. The van der Waals surface area contributed by atoms with Crippen molar-refractivity contribution in [3.8, 4) is 0 Å². The summed E-state index contributed by atoms with van der Waals surface area (Å²) in [5.74, 6) is -0.773. The standard InChI is InChI=1S/C11H24BN3O3/c1-11(2,3)10(16)15-8(12(17)18)6-4-5-7-9(13)14/h8,17-18H,4-7H2,1-3H3,(H3,13,14)(H,15,16). The van der Waals surface area contributed by atoms with Crippen molar-refractivity contribution in [2.75, 3.05) is 0 Å². The minimum Gasteiger partial charge on any atom is -0.426 e. The number of amides is 1. The molecule has 18 heavy (non-hydrogen) atoms. The van der Waals surface area contributed by atoms with Gasteiger partial charge in [0.15, 0.2) is 0 Å². The third-order valence-corrected chi connectivity index (χ3v) is 2.57. The van der Waals surface area contributed by atoms with Crippen LogP contribution in [0.2, 0.25) is 0 Å². The van der Waals surface area contributed by atoms with E-state index < -0.39 is 18.5 Å². The fourth-order valence-electron chi connectivity index (χ4n) is 1.36. The third-order valence-electron chi connectivity index (χ3n) is 2.57. The summed E-state index contributed by atoms with van der Waals surface area (Å²) in [7, 11) is -1.58. The molecule has 1 atom stereocenters. The molecule has 0 aromatic heterocycles. The number of hydrogen-bond donors (Lipinski definition) is 5. The smallest absolute Gasteiger partial charge is 0.426 e. The van der Waals surface area contributed by atoms with Crippen LogP contribution in [0, 0.1) is 10.8 Å². The predicted octanol–water partition coefficient (Wildman–Crippen LogP) is 0.0257. The second-order valence-electron chi connectivity index (χ2n) is 5.51. The van der Waals surface area contributed by atoms with E-state index in [1.165, 1.54) is 0 Å². The number of amidine groups is 1. The van der Waals surface area contributed by atoms with E-state index in [4.69, 9.17) is 11.1 Å². The lowest BCUT2D eigenvalue weighted by Crippen LogP contribution is -2.49. The van der Waals surface area contributed by atoms with Crippen molar-refractivity contribution in [2.45, 2.75) is 52.4 Å². The van der Waals surface area contributed by atoms with E-state index in [1.54, 1.807) is 20.8 Å². The van der Waals surface area contributed by atoms with Gasteiger partial charge >= 0.3 is 7.12 Å². The number of carbonyl (C=O) groups is 1. The van der Waals surface area contributed by atoms with Crippen molar-refractivity contribution in [3.63, 3.8) is 0 Å². The molecule has 7 heteroatoms. The van der Waals surface area contributed by atoms with E-state index in [-0.39, 0.29) is 11.7 Å². The Bertz CT molecular complexity index is 290. The van der Waals surface area contributed by atoms with Crippen molar-refractivity contribution in [1.29, 1.82) is 5.41 Å². The predicted molar refractivity (Wildman–Crippen MR) is 72.0 cm³/mol. The van der Waals surface area contributed by atoms with Crippen LogP contribution in [0.15, 0.2) is 0 Å². The van der Waals surface area contributed by atoms with Crippen molar-refractivity contribution in [2.24, 2.45) is 11.1 Å². The van der Waals surface area contributed by atoms with Crippen LogP contribution in [-0.4, -0.2) is 34.9 Å². The molecule has 0 aromatic rings. The summed E-state index contributed by atoms with van der Waals surface area (Å²) in [5, 5.41) is 28.1. The second kappa shape index (κ2) is 7.38. The number of carbonyl (C=O) groups excluding carboxylic acids is 1. The molecule has 0 aromatic carbocycles. The summed E-state index contributed by atoms with van der Waals surface area (Å²) in [4.78, 5) is 11.7. The van der Waals surface area contributed by atoms with E-state index in [9.17, 15) is 14.8 Å². The van der Waals surface area contributed by atoms with Gasteiger partial charge in [0.1, 0.15) is 0 Å². The van der Waals surface area contributed by atoms with E-state index in [1.807, 2.05) is 0 Å². The molecule has 0 rings (SSSR count). The quantitative estimate of drug-likeness (QED) is 0.191. The van der Waals surface area contributed by atoms with E-state index >= 15 is 0 Å². The number of nitrogens with two attached hydrogens (primary N) is 1. The Hall–Kier alpha value is -1.08. The van der Waals surface area contributed by atoms with Crippen molar-refractivity contribution < 1.29 is 14.8 Å². The van der Waals surface area contributed by atoms with Gasteiger partial charge in [-0.3, -0.25) is 10.2 Å². The lowest BCUT2D eigenvalue weighted by molar-refractivity contribution is -0.128. The Labute approximate surface area is 109 Å². The highest BCUT2D eigenvalue weighted by molar-refractivity contribution is 6.43. The maximum absolute atomic E-state index is 11.7. The van der Waals surface area contributed by atoms with Gasteiger partial charge in [-0.15, -0.1) is 0 Å². The zero-order valence-electron chi connectivity index (χ0n) is 11.4. The monoisotopic (exact) mass is 257 g/mol. The molecule has 0 aliphatic carbocycles. The topological polar surface area (TPSA) is 119 Å². The largest absolute Gasteiger partial charge is 0.475 e.